The standard InChI is InChI=1S/C10H13N3OS/c1-4-13-9-7(15-10(13)14)5-11-8(12-9)6(2)3/h5-6H,4H2,1-3H3. The zero-order valence-corrected chi connectivity index (χ0v) is 9.84. The van der Waals surface area contributed by atoms with Gasteiger partial charge in [0.15, 0.2) is 5.65 Å². The molecule has 0 unspecified atom stereocenters. The molecule has 0 aliphatic heterocycles. The number of aryl methyl sites for hydroxylation is 1. The molecular weight excluding hydrogens is 210 g/mol. The first kappa shape index (κ1) is 10.3. The molecule has 0 N–H and O–H groups in total. The predicted octanol–water partition coefficient (Wildman–Crippen LogP) is 2.00. The summed E-state index contributed by atoms with van der Waals surface area (Å²) in [5.41, 5.74) is 0.770. The van der Waals surface area contributed by atoms with E-state index in [4.69, 9.17) is 0 Å². The largest absolute Gasteiger partial charge is 0.309 e. The third kappa shape index (κ3) is 1.67. The molecule has 4 nitrogen and oxygen atoms in total. The quantitative estimate of drug-likeness (QED) is 0.782. The third-order valence-corrected chi connectivity index (χ3v) is 3.16. The normalized spacial score (nSPS) is 11.5. The van der Waals surface area contributed by atoms with Crippen LogP contribution in [0.3, 0.4) is 0 Å². The smallest absolute Gasteiger partial charge is 0.283 e. The zero-order valence-electron chi connectivity index (χ0n) is 9.02. The van der Waals surface area contributed by atoms with Crippen LogP contribution in [-0.4, -0.2) is 14.5 Å². The molecule has 0 amide bonds. The molecule has 0 spiro atoms. The second-order valence-electron chi connectivity index (χ2n) is 3.68. The van der Waals surface area contributed by atoms with Crippen LogP contribution in [0.25, 0.3) is 10.3 Å². The molecule has 2 heterocycles. The maximum atomic E-state index is 11.6. The van der Waals surface area contributed by atoms with E-state index in [9.17, 15) is 4.79 Å². The fourth-order valence-electron chi connectivity index (χ4n) is 1.43. The Hall–Kier alpha value is -1.23. The van der Waals surface area contributed by atoms with Gasteiger partial charge in [0.25, 0.3) is 0 Å². The Morgan fingerprint density at radius 2 is 2.27 bits per heavy atom. The van der Waals surface area contributed by atoms with Gasteiger partial charge in [-0.2, -0.15) is 0 Å². The van der Waals surface area contributed by atoms with E-state index >= 15 is 0 Å². The number of hydrogen-bond donors (Lipinski definition) is 0. The summed E-state index contributed by atoms with van der Waals surface area (Å²) < 4.78 is 2.55. The van der Waals surface area contributed by atoms with Crippen LogP contribution < -0.4 is 4.87 Å². The number of hydrogen-bond acceptors (Lipinski definition) is 4. The SMILES string of the molecule is CCn1c(=O)sc2cnc(C(C)C)nc21. The summed E-state index contributed by atoms with van der Waals surface area (Å²) in [7, 11) is 0. The predicted molar refractivity (Wildman–Crippen MR) is 61.4 cm³/mol. The van der Waals surface area contributed by atoms with Gasteiger partial charge in [0.1, 0.15) is 5.82 Å². The van der Waals surface area contributed by atoms with Gasteiger partial charge in [-0.3, -0.25) is 9.36 Å². The number of nitrogens with zero attached hydrogens (tertiary/aromatic N) is 3. The van der Waals surface area contributed by atoms with E-state index in [2.05, 4.69) is 9.97 Å². The first-order valence-corrected chi connectivity index (χ1v) is 5.81. The molecule has 80 valence electrons. The van der Waals surface area contributed by atoms with Crippen molar-refractivity contribution in [2.45, 2.75) is 33.2 Å². The lowest BCUT2D eigenvalue weighted by atomic mass is 10.2. The molecule has 2 rings (SSSR count). The highest BCUT2D eigenvalue weighted by atomic mass is 32.1. The summed E-state index contributed by atoms with van der Waals surface area (Å²) in [4.78, 5) is 20.3. The highest BCUT2D eigenvalue weighted by Gasteiger charge is 2.10. The minimum atomic E-state index is 0.0442. The van der Waals surface area contributed by atoms with Crippen molar-refractivity contribution in [1.29, 1.82) is 0 Å². The summed E-state index contributed by atoms with van der Waals surface area (Å²) in [6.45, 7) is 6.70. The summed E-state index contributed by atoms with van der Waals surface area (Å²) >= 11 is 1.21. The van der Waals surface area contributed by atoms with Crippen molar-refractivity contribution < 1.29 is 0 Å². The van der Waals surface area contributed by atoms with Gasteiger partial charge < -0.3 is 0 Å². The van der Waals surface area contributed by atoms with Crippen LogP contribution in [0.4, 0.5) is 0 Å². The van der Waals surface area contributed by atoms with Gasteiger partial charge in [-0.25, -0.2) is 9.97 Å². The van der Waals surface area contributed by atoms with E-state index < -0.39 is 0 Å². The monoisotopic (exact) mass is 223 g/mol. The molecule has 15 heavy (non-hydrogen) atoms. The Labute approximate surface area is 91.6 Å². The van der Waals surface area contributed by atoms with E-state index in [0.29, 0.717) is 6.54 Å². The van der Waals surface area contributed by atoms with E-state index in [1.807, 2.05) is 20.8 Å². The maximum Gasteiger partial charge on any atom is 0.309 e. The molecule has 0 fully saturated rings. The molecule has 0 bridgehead atoms. The number of thiazole rings is 1. The van der Waals surface area contributed by atoms with Gasteiger partial charge >= 0.3 is 4.87 Å². The van der Waals surface area contributed by atoms with Crippen molar-refractivity contribution in [2.75, 3.05) is 0 Å². The van der Waals surface area contributed by atoms with Crippen LogP contribution in [0.15, 0.2) is 11.0 Å². The second kappa shape index (κ2) is 3.73. The van der Waals surface area contributed by atoms with E-state index in [-0.39, 0.29) is 10.8 Å². The molecule has 0 atom stereocenters. The Bertz CT molecular complexity index is 541. The molecule has 2 aromatic heterocycles. The minimum absolute atomic E-state index is 0.0442. The molecule has 0 aliphatic rings. The van der Waals surface area contributed by atoms with Crippen molar-refractivity contribution in [3.05, 3.63) is 21.7 Å². The lowest BCUT2D eigenvalue weighted by Gasteiger charge is -2.03. The number of fused-ring (bicyclic) bond motifs is 1. The first-order chi connectivity index (χ1) is 7.13. The highest BCUT2D eigenvalue weighted by Crippen LogP contribution is 2.17. The molecular formula is C10H13N3OS. The topological polar surface area (TPSA) is 47.8 Å². The Morgan fingerprint density at radius 1 is 1.53 bits per heavy atom. The van der Waals surface area contributed by atoms with Gasteiger partial charge in [-0.1, -0.05) is 25.2 Å². The van der Waals surface area contributed by atoms with Gasteiger partial charge in [0.05, 0.1) is 10.9 Å². The van der Waals surface area contributed by atoms with Crippen LogP contribution in [-0.2, 0) is 6.54 Å². The van der Waals surface area contributed by atoms with Crippen molar-refractivity contribution in [3.63, 3.8) is 0 Å². The van der Waals surface area contributed by atoms with Crippen molar-refractivity contribution >= 4 is 21.7 Å². The second-order valence-corrected chi connectivity index (χ2v) is 4.68. The molecule has 2 aromatic rings. The van der Waals surface area contributed by atoms with E-state index in [0.717, 1.165) is 16.2 Å². The zero-order chi connectivity index (χ0) is 11.0. The van der Waals surface area contributed by atoms with Crippen LogP contribution >= 0.6 is 11.3 Å². The average molecular weight is 223 g/mol. The maximum absolute atomic E-state index is 11.6. The summed E-state index contributed by atoms with van der Waals surface area (Å²) in [6, 6.07) is 0. The number of aromatic nitrogens is 3. The highest BCUT2D eigenvalue weighted by molar-refractivity contribution is 7.16. The van der Waals surface area contributed by atoms with Crippen molar-refractivity contribution in [2.24, 2.45) is 0 Å². The van der Waals surface area contributed by atoms with Gasteiger partial charge in [0.2, 0.25) is 0 Å². The lowest BCUT2D eigenvalue weighted by molar-refractivity contribution is 0.741. The Morgan fingerprint density at radius 3 is 2.87 bits per heavy atom. The third-order valence-electron chi connectivity index (χ3n) is 2.26. The minimum Gasteiger partial charge on any atom is -0.283 e. The van der Waals surface area contributed by atoms with Crippen molar-refractivity contribution in [3.8, 4) is 0 Å². The van der Waals surface area contributed by atoms with Gasteiger partial charge in [0, 0.05) is 12.5 Å². The summed E-state index contributed by atoms with van der Waals surface area (Å²) in [5.74, 6) is 1.08. The molecule has 0 saturated heterocycles. The molecule has 5 heteroatoms. The van der Waals surface area contributed by atoms with E-state index in [1.165, 1.54) is 11.3 Å². The van der Waals surface area contributed by atoms with Crippen molar-refractivity contribution in [1.82, 2.24) is 14.5 Å². The van der Waals surface area contributed by atoms with Gasteiger partial charge in [-0.05, 0) is 6.92 Å². The van der Waals surface area contributed by atoms with Crippen LogP contribution in [0.5, 0.6) is 0 Å². The first-order valence-electron chi connectivity index (χ1n) is 4.99. The fourth-order valence-corrected chi connectivity index (χ4v) is 2.30. The van der Waals surface area contributed by atoms with E-state index in [1.54, 1.807) is 10.8 Å². The summed E-state index contributed by atoms with van der Waals surface area (Å²) in [6.07, 6.45) is 1.75. The molecule has 0 saturated carbocycles. The fraction of sp³-hybridized carbons (Fsp3) is 0.500. The molecule has 0 aromatic carbocycles. The van der Waals surface area contributed by atoms with Gasteiger partial charge in [-0.15, -0.1) is 0 Å². The van der Waals surface area contributed by atoms with Crippen LogP contribution in [0.1, 0.15) is 32.5 Å². The van der Waals surface area contributed by atoms with Crippen LogP contribution in [0, 0.1) is 0 Å². The molecule has 0 aliphatic carbocycles. The van der Waals surface area contributed by atoms with Crippen LogP contribution in [0.2, 0.25) is 0 Å². The lowest BCUT2D eigenvalue weighted by Crippen LogP contribution is -2.12. The number of rotatable bonds is 2. The average Bonchev–Trinajstić information content (AvgIpc) is 2.51. The Balaban J connectivity index is 2.73. The Kier molecular flexibility index (Phi) is 2.56. The summed E-state index contributed by atoms with van der Waals surface area (Å²) in [5, 5.41) is 0. The molecule has 0 radical (unpaired) electrons.